The third kappa shape index (κ3) is 3.16. The number of amides is 1. The quantitative estimate of drug-likeness (QED) is 0.745. The molecule has 2 saturated heterocycles. The molecular formula is C17H22Cl2N2O3. The van der Waals surface area contributed by atoms with Crippen LogP contribution in [0.1, 0.15) is 36.5 Å². The van der Waals surface area contributed by atoms with E-state index in [2.05, 4.69) is 10.6 Å². The predicted octanol–water partition coefficient (Wildman–Crippen LogP) is 2.39. The van der Waals surface area contributed by atoms with Crippen LogP contribution in [0.15, 0.2) is 18.2 Å². The molecule has 24 heavy (non-hydrogen) atoms. The number of benzene rings is 1. The minimum atomic E-state index is -0.789. The van der Waals surface area contributed by atoms with Crippen LogP contribution in [0.25, 0.3) is 0 Å². The summed E-state index contributed by atoms with van der Waals surface area (Å²) in [5, 5.41) is 17.8. The van der Waals surface area contributed by atoms with E-state index in [1.165, 1.54) is 0 Å². The molecule has 2 heterocycles. The number of hydrogen-bond donors (Lipinski definition) is 3. The highest BCUT2D eigenvalue weighted by Gasteiger charge is 2.53. The van der Waals surface area contributed by atoms with Gasteiger partial charge in [-0.1, -0.05) is 29.3 Å². The van der Waals surface area contributed by atoms with E-state index in [0.717, 1.165) is 25.9 Å². The van der Waals surface area contributed by atoms with Crippen molar-refractivity contribution in [3.05, 3.63) is 33.8 Å². The molecule has 0 aliphatic carbocycles. The van der Waals surface area contributed by atoms with E-state index in [0.29, 0.717) is 23.6 Å². The summed E-state index contributed by atoms with van der Waals surface area (Å²) in [4.78, 5) is 12.7. The second kappa shape index (κ2) is 6.81. The Bertz CT molecular complexity index is 629. The molecule has 2 atom stereocenters. The van der Waals surface area contributed by atoms with Crippen molar-refractivity contribution in [2.75, 3.05) is 19.7 Å². The zero-order valence-electron chi connectivity index (χ0n) is 13.6. The van der Waals surface area contributed by atoms with E-state index in [1.54, 1.807) is 18.2 Å². The molecule has 2 fully saturated rings. The molecule has 0 aromatic heterocycles. The van der Waals surface area contributed by atoms with Crippen molar-refractivity contribution in [2.24, 2.45) is 0 Å². The third-order valence-electron chi connectivity index (χ3n) is 5.16. The maximum absolute atomic E-state index is 12.7. The minimum Gasteiger partial charge on any atom is -0.388 e. The highest BCUT2D eigenvalue weighted by atomic mass is 35.5. The highest BCUT2D eigenvalue weighted by Crippen LogP contribution is 2.39. The number of nitrogens with one attached hydrogen (secondary N) is 2. The number of piperidine rings is 1. The van der Waals surface area contributed by atoms with E-state index in [9.17, 15) is 9.90 Å². The van der Waals surface area contributed by atoms with Crippen molar-refractivity contribution < 1.29 is 14.6 Å². The minimum absolute atomic E-state index is 0.221. The van der Waals surface area contributed by atoms with Gasteiger partial charge < -0.3 is 20.5 Å². The van der Waals surface area contributed by atoms with Gasteiger partial charge in [-0.05, 0) is 51.4 Å². The van der Waals surface area contributed by atoms with Gasteiger partial charge in [-0.2, -0.15) is 0 Å². The molecule has 132 valence electrons. The summed E-state index contributed by atoms with van der Waals surface area (Å²) in [6.45, 7) is 3.94. The van der Waals surface area contributed by atoms with E-state index in [1.807, 2.05) is 6.92 Å². The van der Waals surface area contributed by atoms with Crippen molar-refractivity contribution in [1.82, 2.24) is 10.6 Å². The van der Waals surface area contributed by atoms with E-state index < -0.39 is 17.2 Å². The van der Waals surface area contributed by atoms with Gasteiger partial charge in [0.25, 0.3) is 5.91 Å². The molecule has 0 radical (unpaired) electrons. The first-order chi connectivity index (χ1) is 11.4. The summed E-state index contributed by atoms with van der Waals surface area (Å²) in [5.74, 6) is -0.338. The monoisotopic (exact) mass is 372 g/mol. The normalized spacial score (nSPS) is 29.4. The lowest BCUT2D eigenvalue weighted by Crippen LogP contribution is -2.69. The molecule has 1 aromatic rings. The van der Waals surface area contributed by atoms with Gasteiger partial charge in [-0.25, -0.2) is 0 Å². The first-order valence-corrected chi connectivity index (χ1v) is 8.93. The number of rotatable bonds is 2. The molecule has 1 aromatic carbocycles. The molecule has 3 N–H and O–H groups in total. The smallest absolute Gasteiger partial charge is 0.253 e. The average Bonchev–Trinajstić information content (AvgIpc) is 2.56. The Hall–Kier alpha value is -0.850. The lowest BCUT2D eigenvalue weighted by molar-refractivity contribution is -0.197. The number of hydrogen-bond acceptors (Lipinski definition) is 4. The molecule has 0 bridgehead atoms. The average molecular weight is 373 g/mol. The van der Waals surface area contributed by atoms with Gasteiger partial charge in [0.2, 0.25) is 0 Å². The van der Waals surface area contributed by atoms with Gasteiger partial charge in [0, 0.05) is 6.61 Å². The van der Waals surface area contributed by atoms with Gasteiger partial charge in [-0.3, -0.25) is 4.79 Å². The number of aliphatic hydroxyl groups is 1. The number of halogens is 2. The molecule has 1 spiro atoms. The fourth-order valence-corrected chi connectivity index (χ4v) is 4.05. The fraction of sp³-hybridized carbons (Fsp3) is 0.588. The summed E-state index contributed by atoms with van der Waals surface area (Å²) in [6, 6.07) is 4.94. The number of carbonyl (C=O) groups is 1. The molecular weight excluding hydrogens is 351 g/mol. The second-order valence-electron chi connectivity index (χ2n) is 6.79. The first kappa shape index (κ1) is 18.0. The third-order valence-corrected chi connectivity index (χ3v) is 5.98. The van der Waals surface area contributed by atoms with Crippen LogP contribution in [-0.4, -0.2) is 48.0 Å². The van der Waals surface area contributed by atoms with Crippen LogP contribution >= 0.6 is 23.2 Å². The number of carbonyl (C=O) groups excluding carboxylic acids is 1. The fourth-order valence-electron chi connectivity index (χ4n) is 3.67. The van der Waals surface area contributed by atoms with E-state index in [4.69, 9.17) is 27.9 Å². The van der Waals surface area contributed by atoms with Crippen LogP contribution < -0.4 is 10.6 Å². The Labute approximate surface area is 151 Å². The first-order valence-electron chi connectivity index (χ1n) is 8.17. The van der Waals surface area contributed by atoms with Gasteiger partial charge in [-0.15, -0.1) is 0 Å². The van der Waals surface area contributed by atoms with Crippen LogP contribution in [0, 0.1) is 0 Å². The summed E-state index contributed by atoms with van der Waals surface area (Å²) in [6.07, 6.45) is 1.19. The molecule has 0 saturated carbocycles. The lowest BCUT2D eigenvalue weighted by Gasteiger charge is -2.52. The standard InChI is InChI=1S/C17H22Cl2N2O3/c1-16(21-14(22)11-3-2-4-12(18)13(11)19)7-10-24-17(15(16)23)5-8-20-9-6-17/h2-4,15,20,23H,5-10H2,1H3,(H,21,22)/t15-,16+/m0/s1. The molecule has 0 unspecified atom stereocenters. The topological polar surface area (TPSA) is 70.6 Å². The number of ether oxygens (including phenoxy) is 1. The summed E-state index contributed by atoms with van der Waals surface area (Å²) in [7, 11) is 0. The van der Waals surface area contributed by atoms with E-state index in [-0.39, 0.29) is 10.9 Å². The summed E-state index contributed by atoms with van der Waals surface area (Å²) in [5.41, 5.74) is -1.08. The molecule has 2 aliphatic heterocycles. The zero-order valence-corrected chi connectivity index (χ0v) is 15.1. The van der Waals surface area contributed by atoms with Crippen LogP contribution in [0.5, 0.6) is 0 Å². The molecule has 3 rings (SSSR count). The van der Waals surface area contributed by atoms with Crippen LogP contribution in [0.2, 0.25) is 10.0 Å². The van der Waals surface area contributed by atoms with Crippen LogP contribution in [-0.2, 0) is 4.74 Å². The molecule has 7 heteroatoms. The van der Waals surface area contributed by atoms with Crippen molar-refractivity contribution in [3.8, 4) is 0 Å². The van der Waals surface area contributed by atoms with Crippen molar-refractivity contribution in [2.45, 2.75) is 43.4 Å². The SMILES string of the molecule is C[C@@]1(NC(=O)c2cccc(Cl)c2Cl)CCOC2(CCNCC2)[C@H]1O. The Balaban J connectivity index is 1.82. The largest absolute Gasteiger partial charge is 0.388 e. The summed E-state index contributed by atoms with van der Waals surface area (Å²) >= 11 is 12.1. The molecule has 1 amide bonds. The second-order valence-corrected chi connectivity index (χ2v) is 7.57. The molecule has 2 aliphatic rings. The van der Waals surface area contributed by atoms with Crippen molar-refractivity contribution >= 4 is 29.1 Å². The van der Waals surface area contributed by atoms with Gasteiger partial charge in [0.15, 0.2) is 0 Å². The van der Waals surface area contributed by atoms with Crippen LogP contribution in [0.4, 0.5) is 0 Å². The van der Waals surface area contributed by atoms with Gasteiger partial charge in [0.05, 0.1) is 26.7 Å². The maximum atomic E-state index is 12.7. The van der Waals surface area contributed by atoms with Gasteiger partial charge >= 0.3 is 0 Å². The Morgan fingerprint density at radius 3 is 2.75 bits per heavy atom. The zero-order chi connectivity index (χ0) is 17.4. The van der Waals surface area contributed by atoms with E-state index >= 15 is 0 Å². The lowest BCUT2D eigenvalue weighted by atomic mass is 9.73. The predicted molar refractivity (Wildman–Crippen MR) is 93.7 cm³/mol. The van der Waals surface area contributed by atoms with Crippen molar-refractivity contribution in [3.63, 3.8) is 0 Å². The molecule has 5 nitrogen and oxygen atoms in total. The maximum Gasteiger partial charge on any atom is 0.253 e. The van der Waals surface area contributed by atoms with Gasteiger partial charge in [0.1, 0.15) is 6.10 Å². The Morgan fingerprint density at radius 2 is 2.04 bits per heavy atom. The Morgan fingerprint density at radius 1 is 1.33 bits per heavy atom. The number of aliphatic hydroxyl groups excluding tert-OH is 1. The Kier molecular flexibility index (Phi) is 5.09. The van der Waals surface area contributed by atoms with Crippen molar-refractivity contribution in [1.29, 1.82) is 0 Å². The highest BCUT2D eigenvalue weighted by molar-refractivity contribution is 6.43. The van der Waals surface area contributed by atoms with Crippen LogP contribution in [0.3, 0.4) is 0 Å². The summed E-state index contributed by atoms with van der Waals surface area (Å²) < 4.78 is 5.96.